The van der Waals surface area contributed by atoms with Crippen molar-refractivity contribution in [3.8, 4) is 17.6 Å². The Bertz CT molecular complexity index is 1290. The SMILES string of the molecule is COc1cc2c(cc1Cl)N(c1nc[nH]n1)CC(C(=O)N1CCC(C#N)(Cc3ccc(F)cc3)CC1)O2. The van der Waals surface area contributed by atoms with Gasteiger partial charge < -0.3 is 19.3 Å². The zero-order chi connectivity index (χ0) is 25.3. The number of amides is 1. The zero-order valence-corrected chi connectivity index (χ0v) is 20.3. The van der Waals surface area contributed by atoms with Gasteiger partial charge in [-0.25, -0.2) is 9.37 Å². The van der Waals surface area contributed by atoms with Crippen molar-refractivity contribution < 1.29 is 18.7 Å². The van der Waals surface area contributed by atoms with Gasteiger partial charge in [0.25, 0.3) is 5.91 Å². The fraction of sp³-hybridized carbons (Fsp3) is 0.360. The molecule has 36 heavy (non-hydrogen) atoms. The average molecular weight is 511 g/mol. The molecule has 2 aromatic carbocycles. The lowest BCUT2D eigenvalue weighted by molar-refractivity contribution is -0.140. The Balaban J connectivity index is 1.33. The number of halogens is 2. The van der Waals surface area contributed by atoms with Crippen LogP contribution in [0, 0.1) is 22.6 Å². The zero-order valence-electron chi connectivity index (χ0n) is 19.6. The van der Waals surface area contributed by atoms with E-state index in [0.717, 1.165) is 5.56 Å². The van der Waals surface area contributed by atoms with E-state index in [0.29, 0.717) is 60.5 Å². The lowest BCUT2D eigenvalue weighted by Gasteiger charge is -2.40. The number of aromatic nitrogens is 3. The Morgan fingerprint density at radius 1 is 1.33 bits per heavy atom. The number of methoxy groups -OCH3 is 1. The smallest absolute Gasteiger partial charge is 0.265 e. The molecule has 3 aromatic rings. The van der Waals surface area contributed by atoms with Crippen LogP contribution in [0.5, 0.6) is 11.5 Å². The van der Waals surface area contributed by atoms with E-state index in [1.165, 1.54) is 25.6 Å². The number of aromatic amines is 1. The third-order valence-corrected chi connectivity index (χ3v) is 7.08. The molecule has 0 saturated carbocycles. The summed E-state index contributed by atoms with van der Waals surface area (Å²) in [5.74, 6) is 0.767. The van der Waals surface area contributed by atoms with Crippen LogP contribution < -0.4 is 14.4 Å². The molecule has 1 unspecified atom stereocenters. The van der Waals surface area contributed by atoms with Gasteiger partial charge in [-0.1, -0.05) is 23.7 Å². The quantitative estimate of drug-likeness (QED) is 0.555. The second-order valence-corrected chi connectivity index (χ2v) is 9.40. The number of piperidine rings is 1. The Hall–Kier alpha value is -3.84. The molecule has 2 aliphatic rings. The first-order chi connectivity index (χ1) is 17.4. The Labute approximate surface area is 212 Å². The number of hydrogen-bond donors (Lipinski definition) is 1. The van der Waals surface area contributed by atoms with E-state index in [4.69, 9.17) is 21.1 Å². The van der Waals surface area contributed by atoms with Crippen LogP contribution in [0.15, 0.2) is 42.7 Å². The second-order valence-electron chi connectivity index (χ2n) is 8.99. The lowest BCUT2D eigenvalue weighted by Crippen LogP contribution is -2.52. The largest absolute Gasteiger partial charge is 0.495 e. The second kappa shape index (κ2) is 9.66. The number of carbonyl (C=O) groups excluding carboxylic acids is 1. The summed E-state index contributed by atoms with van der Waals surface area (Å²) in [5, 5.41) is 17.2. The molecule has 1 amide bonds. The molecule has 0 radical (unpaired) electrons. The number of benzene rings is 2. The molecule has 11 heteroatoms. The van der Waals surface area contributed by atoms with Crippen LogP contribution in [-0.2, 0) is 11.2 Å². The average Bonchev–Trinajstić information content (AvgIpc) is 3.44. The fourth-order valence-corrected chi connectivity index (χ4v) is 5.01. The number of hydrogen-bond acceptors (Lipinski definition) is 7. The predicted molar refractivity (Wildman–Crippen MR) is 130 cm³/mol. The molecular weight excluding hydrogens is 487 g/mol. The van der Waals surface area contributed by atoms with Gasteiger partial charge in [0.1, 0.15) is 23.6 Å². The molecule has 1 saturated heterocycles. The minimum absolute atomic E-state index is 0.177. The third kappa shape index (κ3) is 4.54. The standard InChI is InChI=1S/C25H24ClFN6O3/c1-35-20-11-21-19(10-18(20)26)33(24-29-15-30-31-24)13-22(36-21)23(34)32-8-6-25(14-28,7-9-32)12-16-2-4-17(27)5-3-16/h2-5,10-11,15,22H,6-9,12-13H2,1H3,(H,29,30,31). The van der Waals surface area contributed by atoms with E-state index >= 15 is 0 Å². The lowest BCUT2D eigenvalue weighted by atomic mass is 9.75. The number of ether oxygens (including phenoxy) is 2. The Kier molecular flexibility index (Phi) is 6.41. The van der Waals surface area contributed by atoms with Crippen molar-refractivity contribution in [2.75, 3.05) is 31.6 Å². The van der Waals surface area contributed by atoms with Gasteiger partial charge >= 0.3 is 0 Å². The van der Waals surface area contributed by atoms with Crippen molar-refractivity contribution in [2.24, 2.45) is 5.41 Å². The highest BCUT2D eigenvalue weighted by molar-refractivity contribution is 6.32. The number of nitrogens with zero attached hydrogens (tertiary/aromatic N) is 5. The first-order valence-electron chi connectivity index (χ1n) is 11.5. The highest BCUT2D eigenvalue weighted by Crippen LogP contribution is 2.43. The molecule has 2 aliphatic heterocycles. The highest BCUT2D eigenvalue weighted by Gasteiger charge is 2.41. The molecular formula is C25H24ClFN6O3. The van der Waals surface area contributed by atoms with E-state index in [1.807, 2.05) is 0 Å². The molecule has 0 aliphatic carbocycles. The number of anilines is 2. The predicted octanol–water partition coefficient (Wildman–Crippen LogP) is 3.88. The molecule has 186 valence electrons. The van der Waals surface area contributed by atoms with E-state index in [9.17, 15) is 14.4 Å². The number of H-pyrrole nitrogens is 1. The van der Waals surface area contributed by atoms with Crippen LogP contribution in [-0.4, -0.2) is 58.8 Å². The normalized spacial score (nSPS) is 18.7. The third-order valence-electron chi connectivity index (χ3n) is 6.79. The van der Waals surface area contributed by atoms with Gasteiger partial charge in [-0.3, -0.25) is 9.89 Å². The summed E-state index contributed by atoms with van der Waals surface area (Å²) in [6, 6.07) is 12.0. The van der Waals surface area contributed by atoms with Gasteiger partial charge in [0.2, 0.25) is 5.95 Å². The van der Waals surface area contributed by atoms with E-state index in [1.54, 1.807) is 34.1 Å². The van der Waals surface area contributed by atoms with E-state index < -0.39 is 11.5 Å². The van der Waals surface area contributed by atoms with Crippen LogP contribution in [0.1, 0.15) is 18.4 Å². The first-order valence-corrected chi connectivity index (χ1v) is 11.9. The summed E-state index contributed by atoms with van der Waals surface area (Å²) in [4.78, 5) is 21.3. The van der Waals surface area contributed by atoms with Gasteiger partial charge in [0.05, 0.1) is 35.8 Å². The summed E-state index contributed by atoms with van der Waals surface area (Å²) >= 11 is 6.34. The molecule has 1 aromatic heterocycles. The van der Waals surface area contributed by atoms with Crippen LogP contribution in [0.4, 0.5) is 16.0 Å². The number of fused-ring (bicyclic) bond motifs is 1. The van der Waals surface area contributed by atoms with Gasteiger partial charge in [0.15, 0.2) is 6.10 Å². The molecule has 1 N–H and O–H groups in total. The van der Waals surface area contributed by atoms with Crippen molar-refractivity contribution in [2.45, 2.75) is 25.4 Å². The summed E-state index contributed by atoms with van der Waals surface area (Å²) in [6.07, 6.45) is 2.19. The van der Waals surface area contributed by atoms with Crippen molar-refractivity contribution in [3.05, 3.63) is 59.1 Å². The summed E-state index contributed by atoms with van der Waals surface area (Å²) in [6.45, 7) is 1.04. The van der Waals surface area contributed by atoms with Gasteiger partial charge in [-0.15, -0.1) is 5.10 Å². The number of nitrogens with one attached hydrogen (secondary N) is 1. The van der Waals surface area contributed by atoms with Crippen molar-refractivity contribution in [1.82, 2.24) is 20.1 Å². The Morgan fingerprint density at radius 2 is 2.08 bits per heavy atom. The number of likely N-dealkylation sites (tertiary alicyclic amines) is 1. The van der Waals surface area contributed by atoms with Crippen molar-refractivity contribution in [3.63, 3.8) is 0 Å². The van der Waals surface area contributed by atoms with E-state index in [-0.39, 0.29) is 18.3 Å². The molecule has 1 fully saturated rings. The highest BCUT2D eigenvalue weighted by atomic mass is 35.5. The summed E-state index contributed by atoms with van der Waals surface area (Å²) in [5.41, 5.74) is 0.926. The van der Waals surface area contributed by atoms with Crippen LogP contribution in [0.3, 0.4) is 0 Å². The van der Waals surface area contributed by atoms with E-state index in [2.05, 4.69) is 21.3 Å². The fourth-order valence-electron chi connectivity index (χ4n) is 4.77. The molecule has 0 spiro atoms. The number of rotatable bonds is 5. The van der Waals surface area contributed by atoms with Crippen molar-refractivity contribution in [1.29, 1.82) is 5.26 Å². The minimum Gasteiger partial charge on any atom is -0.495 e. The first kappa shape index (κ1) is 23.9. The van der Waals surface area contributed by atoms with Gasteiger partial charge in [-0.2, -0.15) is 5.26 Å². The van der Waals surface area contributed by atoms with Gasteiger partial charge in [-0.05, 0) is 43.0 Å². The van der Waals surface area contributed by atoms with Crippen LogP contribution >= 0.6 is 11.6 Å². The maximum absolute atomic E-state index is 13.5. The molecule has 1 atom stereocenters. The molecule has 0 bridgehead atoms. The van der Waals surface area contributed by atoms with Crippen molar-refractivity contribution >= 4 is 29.1 Å². The molecule has 3 heterocycles. The summed E-state index contributed by atoms with van der Waals surface area (Å²) in [7, 11) is 1.51. The summed E-state index contributed by atoms with van der Waals surface area (Å²) < 4.78 is 24.7. The minimum atomic E-state index is -0.812. The van der Waals surface area contributed by atoms with Crippen LogP contribution in [0.2, 0.25) is 5.02 Å². The number of carbonyl (C=O) groups is 1. The molecule has 9 nitrogen and oxygen atoms in total. The van der Waals surface area contributed by atoms with Gasteiger partial charge in [0, 0.05) is 19.2 Å². The maximum Gasteiger partial charge on any atom is 0.265 e. The molecule has 5 rings (SSSR count). The monoisotopic (exact) mass is 510 g/mol. The number of nitriles is 1. The van der Waals surface area contributed by atoms with Crippen LogP contribution in [0.25, 0.3) is 0 Å². The topological polar surface area (TPSA) is 107 Å². The Morgan fingerprint density at radius 3 is 2.72 bits per heavy atom. The maximum atomic E-state index is 13.5.